The van der Waals surface area contributed by atoms with Crippen molar-refractivity contribution in [2.75, 3.05) is 13.2 Å². The normalized spacial score (nSPS) is 24.5. The van der Waals surface area contributed by atoms with E-state index in [9.17, 15) is 4.79 Å². The van der Waals surface area contributed by atoms with Crippen LogP contribution in [0, 0.1) is 0 Å². The Morgan fingerprint density at radius 3 is 3.08 bits per heavy atom. The van der Waals surface area contributed by atoms with E-state index in [4.69, 9.17) is 9.47 Å². The average Bonchev–Trinajstić information content (AvgIpc) is 2.14. The smallest absolute Gasteiger partial charge is 0.157 e. The summed E-state index contributed by atoms with van der Waals surface area (Å²) in [6.07, 6.45) is 7.06. The maximum atomic E-state index is 9.88. The van der Waals surface area contributed by atoms with Gasteiger partial charge in [-0.25, -0.2) is 0 Å². The summed E-state index contributed by atoms with van der Waals surface area (Å²) in [6.45, 7) is 1.26. The number of rotatable bonds is 4. The molecule has 1 aliphatic heterocycles. The van der Waals surface area contributed by atoms with Gasteiger partial charge in [0.1, 0.15) is 6.29 Å². The average molecular weight is 170 g/mol. The lowest BCUT2D eigenvalue weighted by molar-refractivity contribution is -0.155. The summed E-state index contributed by atoms with van der Waals surface area (Å²) in [5.74, 6) is 0. The highest BCUT2D eigenvalue weighted by Crippen LogP contribution is 2.13. The molecule has 0 saturated carbocycles. The number of carbonyl (C=O) groups excluding carboxylic acids is 1. The summed E-state index contributed by atoms with van der Waals surface area (Å²) in [5.41, 5.74) is 0. The molecule has 1 heterocycles. The van der Waals surface area contributed by atoms with Crippen LogP contribution >= 0.6 is 0 Å². The molecule has 0 amide bonds. The Hall–Kier alpha value is -0.670. The lowest BCUT2D eigenvalue weighted by atomic mass is 10.2. The Morgan fingerprint density at radius 1 is 1.50 bits per heavy atom. The molecule has 1 rings (SSSR count). The van der Waals surface area contributed by atoms with E-state index in [1.54, 1.807) is 6.08 Å². The van der Waals surface area contributed by atoms with Crippen LogP contribution in [0.15, 0.2) is 12.2 Å². The highest BCUT2D eigenvalue weighted by Gasteiger charge is 2.12. The van der Waals surface area contributed by atoms with Gasteiger partial charge in [-0.2, -0.15) is 0 Å². The first-order valence-corrected chi connectivity index (χ1v) is 4.27. The number of carbonyl (C=O) groups is 1. The molecule has 0 radical (unpaired) electrons. The fourth-order valence-electron chi connectivity index (χ4n) is 1.12. The van der Waals surface area contributed by atoms with Crippen LogP contribution in [0.25, 0.3) is 0 Å². The summed E-state index contributed by atoms with van der Waals surface area (Å²) >= 11 is 0. The summed E-state index contributed by atoms with van der Waals surface area (Å²) in [4.78, 5) is 9.88. The van der Waals surface area contributed by atoms with Gasteiger partial charge in [0.05, 0.1) is 6.61 Å². The molecule has 0 aromatic carbocycles. The summed E-state index contributed by atoms with van der Waals surface area (Å²) < 4.78 is 10.6. The fourth-order valence-corrected chi connectivity index (χ4v) is 1.12. The first kappa shape index (κ1) is 9.42. The van der Waals surface area contributed by atoms with Crippen LogP contribution in [0.2, 0.25) is 0 Å². The van der Waals surface area contributed by atoms with Gasteiger partial charge in [0.2, 0.25) is 0 Å². The van der Waals surface area contributed by atoms with E-state index in [0.29, 0.717) is 6.61 Å². The molecule has 0 aliphatic carbocycles. The number of aldehydes is 1. The van der Waals surface area contributed by atoms with E-state index in [1.165, 1.54) is 12.5 Å². The van der Waals surface area contributed by atoms with Gasteiger partial charge in [0, 0.05) is 6.61 Å². The quantitative estimate of drug-likeness (QED) is 0.471. The maximum absolute atomic E-state index is 9.88. The van der Waals surface area contributed by atoms with E-state index in [-0.39, 0.29) is 6.29 Å². The second kappa shape index (κ2) is 5.91. The van der Waals surface area contributed by atoms with E-state index >= 15 is 0 Å². The predicted octanol–water partition coefficient (Wildman–Crippen LogP) is 1.28. The Balaban J connectivity index is 2.05. The van der Waals surface area contributed by atoms with Crippen LogP contribution in [0.3, 0.4) is 0 Å². The van der Waals surface area contributed by atoms with Crippen LogP contribution < -0.4 is 0 Å². The molecule has 1 fully saturated rings. The van der Waals surface area contributed by atoms with Crippen molar-refractivity contribution in [2.24, 2.45) is 0 Å². The lowest BCUT2D eigenvalue weighted by Crippen LogP contribution is -2.22. The van der Waals surface area contributed by atoms with Gasteiger partial charge in [0.15, 0.2) is 6.29 Å². The van der Waals surface area contributed by atoms with Gasteiger partial charge in [-0.05, 0) is 25.3 Å². The third-order valence-electron chi connectivity index (χ3n) is 1.73. The van der Waals surface area contributed by atoms with Gasteiger partial charge >= 0.3 is 0 Å². The molecule has 68 valence electrons. The van der Waals surface area contributed by atoms with Crippen LogP contribution in [0.4, 0.5) is 0 Å². The fraction of sp³-hybridized carbons (Fsp3) is 0.667. The second-order valence-electron chi connectivity index (χ2n) is 2.69. The number of allylic oxidation sites excluding steroid dienone is 1. The van der Waals surface area contributed by atoms with E-state index in [0.717, 1.165) is 25.7 Å². The monoisotopic (exact) mass is 170 g/mol. The Labute approximate surface area is 72.4 Å². The highest BCUT2D eigenvalue weighted by molar-refractivity contribution is 5.64. The second-order valence-corrected chi connectivity index (χ2v) is 2.69. The largest absolute Gasteiger partial charge is 0.353 e. The van der Waals surface area contributed by atoms with Crippen LogP contribution in [-0.4, -0.2) is 25.8 Å². The molecule has 3 nitrogen and oxygen atoms in total. The van der Waals surface area contributed by atoms with Gasteiger partial charge in [-0.3, -0.25) is 4.79 Å². The van der Waals surface area contributed by atoms with Crippen molar-refractivity contribution in [2.45, 2.75) is 25.6 Å². The van der Waals surface area contributed by atoms with Gasteiger partial charge in [-0.1, -0.05) is 6.08 Å². The van der Waals surface area contributed by atoms with E-state index < -0.39 is 0 Å². The molecule has 1 atom stereocenters. The minimum absolute atomic E-state index is 0.0601. The zero-order valence-corrected chi connectivity index (χ0v) is 7.07. The highest BCUT2D eigenvalue weighted by atomic mass is 16.7. The van der Waals surface area contributed by atoms with Crippen LogP contribution in [0.5, 0.6) is 0 Å². The Morgan fingerprint density at radius 2 is 2.42 bits per heavy atom. The third-order valence-corrected chi connectivity index (χ3v) is 1.73. The van der Waals surface area contributed by atoms with Crippen molar-refractivity contribution < 1.29 is 14.3 Å². The minimum Gasteiger partial charge on any atom is -0.353 e. The van der Waals surface area contributed by atoms with Crippen molar-refractivity contribution in [3.8, 4) is 0 Å². The molecule has 0 N–H and O–H groups in total. The molecule has 1 saturated heterocycles. The minimum atomic E-state index is -0.0601. The molecule has 3 heteroatoms. The van der Waals surface area contributed by atoms with Gasteiger partial charge in [0.25, 0.3) is 0 Å². The molecule has 0 spiro atoms. The lowest BCUT2D eigenvalue weighted by Gasteiger charge is -2.21. The molecule has 1 unspecified atom stereocenters. The molecule has 0 aromatic rings. The van der Waals surface area contributed by atoms with E-state index in [1.807, 2.05) is 0 Å². The maximum Gasteiger partial charge on any atom is 0.157 e. The first-order chi connectivity index (χ1) is 5.93. The topological polar surface area (TPSA) is 35.5 Å². The number of hydrogen-bond donors (Lipinski definition) is 0. The third kappa shape index (κ3) is 3.64. The SMILES string of the molecule is O=C/C=C\COC1CCCCO1. The summed E-state index contributed by atoms with van der Waals surface area (Å²) in [7, 11) is 0. The number of ether oxygens (including phenoxy) is 2. The molecule has 12 heavy (non-hydrogen) atoms. The zero-order valence-electron chi connectivity index (χ0n) is 7.07. The Bertz CT molecular complexity index is 148. The van der Waals surface area contributed by atoms with Crippen molar-refractivity contribution >= 4 is 6.29 Å². The number of hydrogen-bond acceptors (Lipinski definition) is 3. The molecular formula is C9H14O3. The molecule has 0 bridgehead atoms. The molecule has 1 aliphatic rings. The molecule has 0 aromatic heterocycles. The Kier molecular flexibility index (Phi) is 4.64. The van der Waals surface area contributed by atoms with Crippen molar-refractivity contribution in [1.29, 1.82) is 0 Å². The summed E-state index contributed by atoms with van der Waals surface area (Å²) in [5, 5.41) is 0. The van der Waals surface area contributed by atoms with Crippen molar-refractivity contribution in [3.05, 3.63) is 12.2 Å². The first-order valence-electron chi connectivity index (χ1n) is 4.27. The van der Waals surface area contributed by atoms with Gasteiger partial charge < -0.3 is 9.47 Å². The van der Waals surface area contributed by atoms with Gasteiger partial charge in [-0.15, -0.1) is 0 Å². The van der Waals surface area contributed by atoms with Crippen LogP contribution in [-0.2, 0) is 14.3 Å². The van der Waals surface area contributed by atoms with Crippen LogP contribution in [0.1, 0.15) is 19.3 Å². The zero-order chi connectivity index (χ0) is 8.65. The van der Waals surface area contributed by atoms with Crippen molar-refractivity contribution in [3.63, 3.8) is 0 Å². The van der Waals surface area contributed by atoms with Crippen molar-refractivity contribution in [1.82, 2.24) is 0 Å². The predicted molar refractivity (Wildman–Crippen MR) is 44.7 cm³/mol. The summed E-state index contributed by atoms with van der Waals surface area (Å²) in [6, 6.07) is 0. The standard InChI is InChI=1S/C9H14O3/c10-6-2-4-8-12-9-5-1-3-7-11-9/h2,4,6,9H,1,3,5,7-8H2/b4-2-. The van der Waals surface area contributed by atoms with E-state index in [2.05, 4.69) is 0 Å². The molecular weight excluding hydrogens is 156 g/mol.